The molecule has 19 heavy (non-hydrogen) atoms. The molecule has 100 valence electrons. The number of hydrogen-bond donors (Lipinski definition) is 2. The zero-order chi connectivity index (χ0) is 13.3. The largest absolute Gasteiger partial charge is 0.394 e. The van der Waals surface area contributed by atoms with Gasteiger partial charge in [0.25, 0.3) is 5.91 Å². The van der Waals surface area contributed by atoms with Crippen molar-refractivity contribution in [2.75, 3.05) is 6.61 Å². The van der Waals surface area contributed by atoms with Crippen molar-refractivity contribution >= 4 is 17.2 Å². The highest BCUT2D eigenvalue weighted by Gasteiger charge is 2.38. The number of aliphatic hydroxyl groups is 1. The van der Waals surface area contributed by atoms with Gasteiger partial charge in [-0.3, -0.25) is 4.79 Å². The number of hydrogen-bond acceptors (Lipinski definition) is 6. The lowest BCUT2D eigenvalue weighted by atomic mass is 9.77. The maximum Gasteiger partial charge on any atom is 0.264 e. The molecule has 1 aliphatic rings. The molecule has 1 saturated carbocycles. The molecule has 0 bridgehead atoms. The van der Waals surface area contributed by atoms with Crippen LogP contribution in [0, 0.1) is 0 Å². The van der Waals surface area contributed by atoms with Crippen LogP contribution in [0.3, 0.4) is 0 Å². The zero-order valence-corrected chi connectivity index (χ0v) is 10.9. The Morgan fingerprint density at radius 1 is 1.58 bits per heavy atom. The second-order valence-corrected chi connectivity index (χ2v) is 5.55. The first-order valence-corrected chi connectivity index (χ1v) is 6.86. The number of rotatable bonds is 4. The predicted octanol–water partition coefficient (Wildman–Crippen LogP) is 0.369. The normalized spacial score (nSPS) is 16.9. The third-order valence-electron chi connectivity index (χ3n) is 3.44. The fourth-order valence-electron chi connectivity index (χ4n) is 2.15. The lowest BCUT2D eigenvalue weighted by Gasteiger charge is -2.40. The van der Waals surface area contributed by atoms with Gasteiger partial charge >= 0.3 is 0 Å². The lowest BCUT2D eigenvalue weighted by Crippen LogP contribution is -2.56. The Labute approximate surface area is 113 Å². The number of nitrogens with zero attached hydrogens (tertiary/aromatic N) is 4. The molecule has 0 unspecified atom stereocenters. The number of aliphatic hydroxyl groups excluding tert-OH is 1. The van der Waals surface area contributed by atoms with Crippen molar-refractivity contribution < 1.29 is 9.90 Å². The van der Waals surface area contributed by atoms with Crippen molar-refractivity contribution in [2.24, 2.45) is 0 Å². The van der Waals surface area contributed by atoms with Gasteiger partial charge in [0.1, 0.15) is 11.2 Å². The average Bonchev–Trinajstić information content (AvgIpc) is 3.02. The van der Waals surface area contributed by atoms with Crippen LogP contribution in [0.4, 0.5) is 0 Å². The summed E-state index contributed by atoms with van der Waals surface area (Å²) in [5.41, 5.74) is 0.207. The smallest absolute Gasteiger partial charge is 0.264 e. The van der Waals surface area contributed by atoms with Gasteiger partial charge in [-0.05, 0) is 41.1 Å². The van der Waals surface area contributed by atoms with Gasteiger partial charge in [0.05, 0.1) is 17.8 Å². The average molecular weight is 279 g/mol. The van der Waals surface area contributed by atoms with E-state index in [1.54, 1.807) is 6.07 Å². The summed E-state index contributed by atoms with van der Waals surface area (Å²) in [7, 11) is 0. The quantitative estimate of drug-likeness (QED) is 0.843. The summed E-state index contributed by atoms with van der Waals surface area (Å²) in [6.45, 7) is -0.0235. The zero-order valence-electron chi connectivity index (χ0n) is 10.1. The summed E-state index contributed by atoms with van der Waals surface area (Å²) in [6, 6.07) is 1.79. The monoisotopic (exact) mass is 279 g/mol. The van der Waals surface area contributed by atoms with E-state index in [-0.39, 0.29) is 12.5 Å². The maximum atomic E-state index is 12.3. The van der Waals surface area contributed by atoms with Crippen molar-refractivity contribution in [3.8, 4) is 5.69 Å². The Morgan fingerprint density at radius 3 is 3.00 bits per heavy atom. The van der Waals surface area contributed by atoms with Crippen LogP contribution in [0.2, 0.25) is 0 Å². The van der Waals surface area contributed by atoms with Gasteiger partial charge in [-0.2, -0.15) is 4.68 Å². The first-order chi connectivity index (χ1) is 9.24. The van der Waals surface area contributed by atoms with Crippen molar-refractivity contribution in [1.29, 1.82) is 0 Å². The van der Waals surface area contributed by atoms with E-state index in [9.17, 15) is 9.90 Å². The Bertz CT molecular complexity index is 570. The maximum absolute atomic E-state index is 12.3. The molecule has 0 saturated heterocycles. The highest BCUT2D eigenvalue weighted by Crippen LogP contribution is 2.32. The van der Waals surface area contributed by atoms with E-state index in [1.165, 1.54) is 22.3 Å². The summed E-state index contributed by atoms with van der Waals surface area (Å²) in [6.07, 6.45) is 4.12. The molecule has 2 N–H and O–H groups in total. The highest BCUT2D eigenvalue weighted by molar-refractivity contribution is 7.12. The molecule has 0 spiro atoms. The fraction of sp³-hybridized carbons (Fsp3) is 0.455. The Balaban J connectivity index is 1.83. The number of amides is 1. The molecular formula is C11H13N5O2S. The van der Waals surface area contributed by atoms with Crippen LogP contribution in [-0.4, -0.2) is 43.4 Å². The van der Waals surface area contributed by atoms with Crippen molar-refractivity contribution in [3.05, 3.63) is 22.7 Å². The molecule has 3 rings (SSSR count). The van der Waals surface area contributed by atoms with Crippen LogP contribution in [0.25, 0.3) is 5.69 Å². The van der Waals surface area contributed by atoms with Crippen LogP contribution in [0.5, 0.6) is 0 Å². The van der Waals surface area contributed by atoms with Crippen molar-refractivity contribution in [3.63, 3.8) is 0 Å². The van der Waals surface area contributed by atoms with E-state index in [0.29, 0.717) is 10.6 Å². The Hall–Kier alpha value is -1.80. The molecule has 2 aromatic rings. The number of thiophene rings is 1. The van der Waals surface area contributed by atoms with Crippen LogP contribution < -0.4 is 5.32 Å². The van der Waals surface area contributed by atoms with Crippen LogP contribution in [0.1, 0.15) is 28.9 Å². The first-order valence-electron chi connectivity index (χ1n) is 5.98. The minimum atomic E-state index is -0.445. The molecule has 2 aromatic heterocycles. The third kappa shape index (κ3) is 2.13. The summed E-state index contributed by atoms with van der Waals surface area (Å²) >= 11 is 1.33. The summed E-state index contributed by atoms with van der Waals surface area (Å²) in [5.74, 6) is -0.186. The third-order valence-corrected chi connectivity index (χ3v) is 4.34. The predicted molar refractivity (Wildman–Crippen MR) is 68.2 cm³/mol. The Morgan fingerprint density at radius 2 is 2.42 bits per heavy atom. The SMILES string of the molecule is O=C(NC1(CO)CCC1)c1sccc1-n1cnnn1. The van der Waals surface area contributed by atoms with E-state index in [2.05, 4.69) is 20.8 Å². The van der Waals surface area contributed by atoms with E-state index in [1.807, 2.05) is 5.38 Å². The second-order valence-electron chi connectivity index (χ2n) is 4.64. The second kappa shape index (κ2) is 4.71. The molecule has 1 aliphatic carbocycles. The highest BCUT2D eigenvalue weighted by atomic mass is 32.1. The van der Waals surface area contributed by atoms with Gasteiger partial charge in [0, 0.05) is 0 Å². The fourth-order valence-corrected chi connectivity index (χ4v) is 2.92. The van der Waals surface area contributed by atoms with Crippen molar-refractivity contribution in [1.82, 2.24) is 25.5 Å². The van der Waals surface area contributed by atoms with Crippen LogP contribution in [0.15, 0.2) is 17.8 Å². The molecular weight excluding hydrogens is 266 g/mol. The number of carbonyl (C=O) groups excluding carboxylic acids is 1. The van der Waals surface area contributed by atoms with Gasteiger partial charge in [-0.25, -0.2) is 0 Å². The molecule has 0 aliphatic heterocycles. The van der Waals surface area contributed by atoms with Gasteiger partial charge in [0.2, 0.25) is 0 Å². The minimum Gasteiger partial charge on any atom is -0.394 e. The van der Waals surface area contributed by atoms with Gasteiger partial charge in [-0.15, -0.1) is 16.4 Å². The molecule has 2 heterocycles. The minimum absolute atomic E-state index is 0.0235. The lowest BCUT2D eigenvalue weighted by molar-refractivity contribution is 0.0645. The van der Waals surface area contributed by atoms with E-state index in [4.69, 9.17) is 0 Å². The summed E-state index contributed by atoms with van der Waals surface area (Å²) in [5, 5.41) is 25.0. The van der Waals surface area contributed by atoms with Crippen LogP contribution in [-0.2, 0) is 0 Å². The van der Waals surface area contributed by atoms with Gasteiger partial charge < -0.3 is 10.4 Å². The molecule has 1 amide bonds. The van der Waals surface area contributed by atoms with Gasteiger partial charge in [0.15, 0.2) is 0 Å². The van der Waals surface area contributed by atoms with E-state index >= 15 is 0 Å². The number of aromatic nitrogens is 4. The number of tetrazole rings is 1. The number of nitrogens with one attached hydrogen (secondary N) is 1. The topological polar surface area (TPSA) is 92.9 Å². The Kier molecular flexibility index (Phi) is 3.03. The first kappa shape index (κ1) is 12.2. The van der Waals surface area contributed by atoms with E-state index in [0.717, 1.165) is 19.3 Å². The van der Waals surface area contributed by atoms with E-state index < -0.39 is 5.54 Å². The number of carbonyl (C=O) groups is 1. The molecule has 0 radical (unpaired) electrons. The van der Waals surface area contributed by atoms with Crippen LogP contribution >= 0.6 is 11.3 Å². The molecule has 1 fully saturated rings. The van der Waals surface area contributed by atoms with Crippen molar-refractivity contribution in [2.45, 2.75) is 24.8 Å². The molecule has 7 nitrogen and oxygen atoms in total. The van der Waals surface area contributed by atoms with Gasteiger partial charge in [-0.1, -0.05) is 0 Å². The molecule has 0 aromatic carbocycles. The molecule has 0 atom stereocenters. The molecule has 8 heteroatoms. The standard InChI is InChI=1S/C11H13N5O2S/c17-6-11(3-1-4-11)13-10(18)9-8(2-5-19-9)16-7-12-14-15-16/h2,5,7,17H,1,3-4,6H2,(H,13,18). The summed E-state index contributed by atoms with van der Waals surface area (Å²) in [4.78, 5) is 12.8. The summed E-state index contributed by atoms with van der Waals surface area (Å²) < 4.78 is 1.46.